The van der Waals surface area contributed by atoms with Gasteiger partial charge >= 0.3 is 6.18 Å². The van der Waals surface area contributed by atoms with Gasteiger partial charge in [0.1, 0.15) is 11.9 Å². The van der Waals surface area contributed by atoms with Crippen molar-refractivity contribution < 1.29 is 18.0 Å². The predicted molar refractivity (Wildman–Crippen MR) is 85.0 cm³/mol. The third-order valence-corrected chi connectivity index (χ3v) is 4.45. The monoisotopic (exact) mass is 355 g/mol. The maximum Gasteiger partial charge on any atom is 0.435 e. The van der Waals surface area contributed by atoms with Crippen LogP contribution in [-0.4, -0.2) is 25.5 Å². The summed E-state index contributed by atoms with van der Waals surface area (Å²) in [5.41, 5.74) is -0.229. The number of carbonyl (C=O) groups is 1. The van der Waals surface area contributed by atoms with Crippen LogP contribution in [0.25, 0.3) is 0 Å². The number of hydrogen-bond donors (Lipinski definition) is 1. The first-order chi connectivity index (χ1) is 11.8. The van der Waals surface area contributed by atoms with Gasteiger partial charge in [-0.2, -0.15) is 23.4 Å². The quantitative estimate of drug-likeness (QED) is 0.909. The van der Waals surface area contributed by atoms with Gasteiger partial charge in [-0.3, -0.25) is 9.48 Å². The van der Waals surface area contributed by atoms with E-state index in [-0.39, 0.29) is 6.04 Å². The smallest absolute Gasteiger partial charge is 0.309 e. The molecule has 9 heteroatoms. The SMILES string of the molecule is Cc1cc(NC(=O)[C@H](C)n2ccc(C(F)(F)F)n2)n(C2CCCC2)n1. The fourth-order valence-corrected chi connectivity index (χ4v) is 3.09. The molecule has 2 aromatic rings. The van der Waals surface area contributed by atoms with Crippen molar-refractivity contribution in [2.45, 2.75) is 57.8 Å². The van der Waals surface area contributed by atoms with Crippen LogP contribution in [0.4, 0.5) is 19.0 Å². The van der Waals surface area contributed by atoms with Gasteiger partial charge in [0.15, 0.2) is 5.69 Å². The molecule has 25 heavy (non-hydrogen) atoms. The number of halogens is 3. The Kier molecular flexibility index (Phi) is 4.57. The minimum Gasteiger partial charge on any atom is -0.309 e. The molecule has 0 saturated heterocycles. The van der Waals surface area contributed by atoms with Crippen molar-refractivity contribution in [3.05, 3.63) is 29.7 Å². The summed E-state index contributed by atoms with van der Waals surface area (Å²) in [6.45, 7) is 3.35. The molecule has 0 radical (unpaired) electrons. The second-order valence-corrected chi connectivity index (χ2v) is 6.40. The highest BCUT2D eigenvalue weighted by molar-refractivity contribution is 5.92. The number of aromatic nitrogens is 4. The molecule has 0 unspecified atom stereocenters. The Bertz CT molecular complexity index is 758. The Balaban J connectivity index is 1.75. The molecule has 2 heterocycles. The third kappa shape index (κ3) is 3.69. The Morgan fingerprint density at radius 2 is 2.00 bits per heavy atom. The van der Waals surface area contributed by atoms with Gasteiger partial charge in [0.2, 0.25) is 5.91 Å². The maximum atomic E-state index is 12.7. The van der Waals surface area contributed by atoms with Crippen LogP contribution in [0, 0.1) is 6.92 Å². The maximum absolute atomic E-state index is 12.7. The zero-order valence-electron chi connectivity index (χ0n) is 14.0. The molecule has 1 amide bonds. The summed E-state index contributed by atoms with van der Waals surface area (Å²) in [5.74, 6) is 0.139. The lowest BCUT2D eigenvalue weighted by molar-refractivity contribution is -0.141. The molecule has 6 nitrogen and oxygen atoms in total. The summed E-state index contributed by atoms with van der Waals surface area (Å²) < 4.78 is 40.8. The van der Waals surface area contributed by atoms with Crippen LogP contribution in [0.15, 0.2) is 18.3 Å². The molecule has 0 aliphatic heterocycles. The molecule has 0 aromatic carbocycles. The highest BCUT2D eigenvalue weighted by atomic mass is 19.4. The lowest BCUT2D eigenvalue weighted by Gasteiger charge is -2.17. The van der Waals surface area contributed by atoms with Crippen molar-refractivity contribution in [1.82, 2.24) is 19.6 Å². The van der Waals surface area contributed by atoms with Crippen molar-refractivity contribution in [2.24, 2.45) is 0 Å². The summed E-state index contributed by atoms with van der Waals surface area (Å²) in [6.07, 6.45) is 0.898. The summed E-state index contributed by atoms with van der Waals surface area (Å²) in [5, 5.41) is 10.7. The lowest BCUT2D eigenvalue weighted by Crippen LogP contribution is -2.26. The van der Waals surface area contributed by atoms with Gasteiger partial charge in [-0.05, 0) is 32.8 Å². The second kappa shape index (κ2) is 6.53. The first-order valence-corrected chi connectivity index (χ1v) is 8.25. The molecule has 2 aromatic heterocycles. The second-order valence-electron chi connectivity index (χ2n) is 6.40. The minimum atomic E-state index is -4.53. The zero-order valence-corrected chi connectivity index (χ0v) is 14.0. The standard InChI is InChI=1S/C16H20F3N5O/c1-10-9-14(24(21-10)12-5-3-4-6-12)20-15(25)11(2)23-8-7-13(22-23)16(17,18)19/h7-9,11-12H,3-6H2,1-2H3,(H,20,25)/t11-/m0/s1. The van der Waals surface area contributed by atoms with Crippen molar-refractivity contribution in [3.63, 3.8) is 0 Å². The van der Waals surface area contributed by atoms with Crippen LogP contribution in [0.2, 0.25) is 0 Å². The van der Waals surface area contributed by atoms with Gasteiger partial charge in [-0.15, -0.1) is 0 Å². The number of aryl methyl sites for hydroxylation is 1. The Hall–Kier alpha value is -2.32. The van der Waals surface area contributed by atoms with E-state index >= 15 is 0 Å². The number of rotatable bonds is 4. The van der Waals surface area contributed by atoms with Crippen LogP contribution in [0.5, 0.6) is 0 Å². The number of nitrogens with one attached hydrogen (secondary N) is 1. The number of alkyl halides is 3. The molecular weight excluding hydrogens is 335 g/mol. The Morgan fingerprint density at radius 1 is 1.32 bits per heavy atom. The average molecular weight is 355 g/mol. The van der Waals surface area contributed by atoms with Crippen LogP contribution < -0.4 is 5.32 Å². The Labute approximate surface area is 143 Å². The number of anilines is 1. The van der Waals surface area contributed by atoms with E-state index < -0.39 is 23.8 Å². The largest absolute Gasteiger partial charge is 0.435 e. The molecule has 136 valence electrons. The molecule has 1 N–H and O–H groups in total. The van der Waals surface area contributed by atoms with E-state index in [1.807, 2.05) is 11.6 Å². The van der Waals surface area contributed by atoms with Gasteiger partial charge < -0.3 is 5.32 Å². The molecule has 1 aliphatic rings. The highest BCUT2D eigenvalue weighted by Gasteiger charge is 2.34. The molecule has 3 rings (SSSR count). The summed E-state index contributed by atoms with van der Waals surface area (Å²) in [4.78, 5) is 12.5. The van der Waals surface area contributed by atoms with Gasteiger partial charge in [0.25, 0.3) is 0 Å². The predicted octanol–water partition coefficient (Wildman–Crippen LogP) is 3.72. The summed E-state index contributed by atoms with van der Waals surface area (Å²) >= 11 is 0. The van der Waals surface area contributed by atoms with E-state index in [4.69, 9.17) is 0 Å². The van der Waals surface area contributed by atoms with E-state index in [0.29, 0.717) is 5.82 Å². The number of nitrogens with zero attached hydrogens (tertiary/aromatic N) is 4. The van der Waals surface area contributed by atoms with Crippen molar-refractivity contribution in [1.29, 1.82) is 0 Å². The summed E-state index contributed by atoms with van der Waals surface area (Å²) in [7, 11) is 0. The highest BCUT2D eigenvalue weighted by Crippen LogP contribution is 2.32. The molecule has 0 spiro atoms. The number of carbonyl (C=O) groups excluding carboxylic acids is 1. The van der Waals surface area contributed by atoms with Crippen LogP contribution in [0.3, 0.4) is 0 Å². The van der Waals surface area contributed by atoms with Gasteiger partial charge in [0.05, 0.1) is 11.7 Å². The number of hydrogen-bond acceptors (Lipinski definition) is 3. The van der Waals surface area contributed by atoms with E-state index in [0.717, 1.165) is 48.3 Å². The number of amides is 1. The van der Waals surface area contributed by atoms with Crippen molar-refractivity contribution in [3.8, 4) is 0 Å². The van der Waals surface area contributed by atoms with Crippen molar-refractivity contribution >= 4 is 11.7 Å². The van der Waals surface area contributed by atoms with E-state index in [1.165, 1.54) is 6.92 Å². The van der Waals surface area contributed by atoms with Gasteiger partial charge in [-0.1, -0.05) is 12.8 Å². The molecule has 1 saturated carbocycles. The lowest BCUT2D eigenvalue weighted by atomic mass is 10.2. The van der Waals surface area contributed by atoms with Crippen LogP contribution >= 0.6 is 0 Å². The fourth-order valence-electron chi connectivity index (χ4n) is 3.09. The average Bonchev–Trinajstić information content (AvgIpc) is 3.25. The topological polar surface area (TPSA) is 64.7 Å². The Morgan fingerprint density at radius 3 is 2.60 bits per heavy atom. The van der Waals surface area contributed by atoms with Crippen molar-refractivity contribution in [2.75, 3.05) is 5.32 Å². The van der Waals surface area contributed by atoms with Gasteiger partial charge in [-0.25, -0.2) is 4.68 Å². The minimum absolute atomic E-state index is 0.251. The molecule has 1 aliphatic carbocycles. The molecule has 1 atom stereocenters. The van der Waals surface area contributed by atoms with Gasteiger partial charge in [0, 0.05) is 12.3 Å². The van der Waals surface area contributed by atoms with Crippen LogP contribution in [-0.2, 0) is 11.0 Å². The van der Waals surface area contributed by atoms with Crippen LogP contribution in [0.1, 0.15) is 56.1 Å². The molecule has 1 fully saturated rings. The third-order valence-electron chi connectivity index (χ3n) is 4.45. The van der Waals surface area contributed by atoms with E-state index in [1.54, 1.807) is 6.07 Å². The van der Waals surface area contributed by atoms with E-state index in [2.05, 4.69) is 15.5 Å². The normalized spacial score (nSPS) is 17.0. The molecule has 0 bridgehead atoms. The first kappa shape index (κ1) is 17.5. The fraction of sp³-hybridized carbons (Fsp3) is 0.562. The zero-order chi connectivity index (χ0) is 18.2. The van der Waals surface area contributed by atoms with E-state index in [9.17, 15) is 18.0 Å². The first-order valence-electron chi connectivity index (χ1n) is 8.25. The molecular formula is C16H20F3N5O. The summed E-state index contributed by atoms with van der Waals surface area (Å²) in [6, 6.07) is 2.01.